The van der Waals surface area contributed by atoms with Gasteiger partial charge in [-0.2, -0.15) is 9.78 Å². The van der Waals surface area contributed by atoms with Crippen molar-refractivity contribution >= 4 is 29.2 Å². The van der Waals surface area contributed by atoms with Gasteiger partial charge in [-0.3, -0.25) is 9.69 Å². The van der Waals surface area contributed by atoms with E-state index in [-0.39, 0.29) is 11.9 Å². The SMILES string of the molecule is CC(=O)N(C)c1cnn(C(=O)N2C[C@H]3C[C@H](N(C)Cc4ccccc4Cl)C[C@H]3C2)c1. The van der Waals surface area contributed by atoms with Gasteiger partial charge in [-0.1, -0.05) is 29.8 Å². The molecule has 2 amide bonds. The number of carbonyl (C=O) groups is 2. The third-order valence-corrected chi connectivity index (χ3v) is 6.99. The van der Waals surface area contributed by atoms with E-state index in [0.717, 1.165) is 43.1 Å². The zero-order valence-corrected chi connectivity index (χ0v) is 18.4. The van der Waals surface area contributed by atoms with Gasteiger partial charge in [-0.15, -0.1) is 0 Å². The molecule has 1 aromatic heterocycles. The monoisotopic (exact) mass is 429 g/mol. The van der Waals surface area contributed by atoms with Crippen LogP contribution in [-0.4, -0.2) is 64.7 Å². The molecule has 0 bridgehead atoms. The van der Waals surface area contributed by atoms with Crippen LogP contribution >= 0.6 is 11.6 Å². The fraction of sp³-hybridized carbons (Fsp3) is 0.500. The Labute approximate surface area is 182 Å². The second-order valence-corrected chi connectivity index (χ2v) is 8.97. The Morgan fingerprint density at radius 3 is 2.47 bits per heavy atom. The van der Waals surface area contributed by atoms with Gasteiger partial charge in [0.15, 0.2) is 0 Å². The highest BCUT2D eigenvalue weighted by Crippen LogP contribution is 2.40. The number of likely N-dealkylation sites (tertiary alicyclic amines) is 1. The fourth-order valence-electron chi connectivity index (χ4n) is 4.73. The van der Waals surface area contributed by atoms with Crippen LogP contribution in [0.1, 0.15) is 25.3 Å². The highest BCUT2D eigenvalue weighted by atomic mass is 35.5. The minimum absolute atomic E-state index is 0.0929. The van der Waals surface area contributed by atoms with Crippen LogP contribution < -0.4 is 4.90 Å². The van der Waals surface area contributed by atoms with Crippen molar-refractivity contribution in [1.29, 1.82) is 0 Å². The lowest BCUT2D eigenvalue weighted by molar-refractivity contribution is -0.116. The smallest absolute Gasteiger partial charge is 0.322 e. The molecule has 1 aromatic carbocycles. The summed E-state index contributed by atoms with van der Waals surface area (Å²) in [6, 6.07) is 8.39. The summed E-state index contributed by atoms with van der Waals surface area (Å²) in [4.78, 5) is 30.2. The predicted molar refractivity (Wildman–Crippen MR) is 117 cm³/mol. The Hall–Kier alpha value is -2.38. The number of fused-ring (bicyclic) bond motifs is 1. The number of amides is 2. The van der Waals surface area contributed by atoms with Gasteiger partial charge in [-0.25, -0.2) is 4.79 Å². The van der Waals surface area contributed by atoms with Gasteiger partial charge in [-0.05, 0) is 43.4 Å². The number of hydrogen-bond acceptors (Lipinski definition) is 4. The van der Waals surface area contributed by atoms with E-state index >= 15 is 0 Å². The quantitative estimate of drug-likeness (QED) is 0.747. The van der Waals surface area contributed by atoms with E-state index < -0.39 is 0 Å². The molecule has 1 saturated carbocycles. The summed E-state index contributed by atoms with van der Waals surface area (Å²) in [6.45, 7) is 3.85. The van der Waals surface area contributed by atoms with Crippen molar-refractivity contribution in [2.45, 2.75) is 32.4 Å². The Bertz CT molecular complexity index is 931. The summed E-state index contributed by atoms with van der Waals surface area (Å²) in [5.41, 5.74) is 1.78. The standard InChI is InChI=1S/C22H28ClN5O2/c1-15(29)26(3)20-10-24-28(14-20)22(30)27-12-17-8-19(9-18(17)13-27)25(2)11-16-6-4-5-7-21(16)23/h4-7,10,14,17-19H,8-9,11-13H2,1-3H3/t17-,18+,19+. The first-order valence-electron chi connectivity index (χ1n) is 10.4. The number of rotatable bonds is 4. The molecule has 1 saturated heterocycles. The number of anilines is 1. The zero-order chi connectivity index (χ0) is 21.4. The van der Waals surface area contributed by atoms with E-state index in [1.165, 1.54) is 16.5 Å². The summed E-state index contributed by atoms with van der Waals surface area (Å²) in [7, 11) is 3.84. The first-order chi connectivity index (χ1) is 14.3. The summed E-state index contributed by atoms with van der Waals surface area (Å²) in [5, 5.41) is 4.98. The number of aromatic nitrogens is 2. The van der Waals surface area contributed by atoms with Crippen LogP contribution in [-0.2, 0) is 11.3 Å². The van der Waals surface area contributed by atoms with Gasteiger partial charge in [0.1, 0.15) is 0 Å². The number of benzene rings is 1. The van der Waals surface area contributed by atoms with Crippen LogP contribution in [0.4, 0.5) is 10.5 Å². The van der Waals surface area contributed by atoms with Crippen molar-refractivity contribution in [2.75, 3.05) is 32.1 Å². The second-order valence-electron chi connectivity index (χ2n) is 8.56. The third-order valence-electron chi connectivity index (χ3n) is 6.62. The van der Waals surface area contributed by atoms with Crippen molar-refractivity contribution in [1.82, 2.24) is 19.6 Å². The molecular weight excluding hydrogens is 402 g/mol. The molecule has 30 heavy (non-hydrogen) atoms. The highest BCUT2D eigenvalue weighted by molar-refractivity contribution is 6.31. The normalized spacial score (nSPS) is 23.1. The van der Waals surface area contributed by atoms with Crippen molar-refractivity contribution in [3.8, 4) is 0 Å². The third kappa shape index (κ3) is 4.09. The lowest BCUT2D eigenvalue weighted by Gasteiger charge is -2.26. The van der Waals surface area contributed by atoms with Gasteiger partial charge in [0.2, 0.25) is 5.91 Å². The van der Waals surface area contributed by atoms with E-state index in [1.807, 2.05) is 23.1 Å². The Morgan fingerprint density at radius 1 is 1.17 bits per heavy atom. The largest absolute Gasteiger partial charge is 0.344 e. The highest BCUT2D eigenvalue weighted by Gasteiger charge is 2.43. The maximum Gasteiger partial charge on any atom is 0.344 e. The van der Waals surface area contributed by atoms with Gasteiger partial charge >= 0.3 is 6.03 Å². The topological polar surface area (TPSA) is 61.7 Å². The van der Waals surface area contributed by atoms with E-state index in [0.29, 0.717) is 23.6 Å². The maximum absolute atomic E-state index is 12.9. The van der Waals surface area contributed by atoms with Crippen LogP contribution in [0.15, 0.2) is 36.7 Å². The van der Waals surface area contributed by atoms with Crippen LogP contribution in [0.5, 0.6) is 0 Å². The van der Waals surface area contributed by atoms with Gasteiger partial charge in [0, 0.05) is 44.7 Å². The molecule has 1 aliphatic heterocycles. The first-order valence-corrected chi connectivity index (χ1v) is 10.7. The Balaban J connectivity index is 1.34. The number of halogens is 1. The molecule has 0 unspecified atom stereocenters. The van der Waals surface area contributed by atoms with Crippen LogP contribution in [0.25, 0.3) is 0 Å². The summed E-state index contributed by atoms with van der Waals surface area (Å²) < 4.78 is 1.34. The first kappa shape index (κ1) is 20.9. The maximum atomic E-state index is 12.9. The van der Waals surface area contributed by atoms with Crippen molar-refractivity contribution in [3.63, 3.8) is 0 Å². The summed E-state index contributed by atoms with van der Waals surface area (Å²) in [5.74, 6) is 0.940. The van der Waals surface area contributed by atoms with E-state index in [1.54, 1.807) is 19.4 Å². The Kier molecular flexibility index (Phi) is 5.84. The zero-order valence-electron chi connectivity index (χ0n) is 17.7. The number of carbonyl (C=O) groups excluding carboxylic acids is 2. The Morgan fingerprint density at radius 2 is 1.83 bits per heavy atom. The minimum atomic E-state index is -0.117. The molecule has 160 valence electrons. The van der Waals surface area contributed by atoms with Crippen molar-refractivity contribution in [3.05, 3.63) is 47.2 Å². The van der Waals surface area contributed by atoms with E-state index in [2.05, 4.69) is 23.1 Å². The molecule has 0 N–H and O–H groups in total. The van der Waals surface area contributed by atoms with E-state index in [9.17, 15) is 9.59 Å². The molecule has 2 aliphatic rings. The lowest BCUT2D eigenvalue weighted by Crippen LogP contribution is -2.36. The van der Waals surface area contributed by atoms with Crippen LogP contribution in [0, 0.1) is 11.8 Å². The van der Waals surface area contributed by atoms with Crippen LogP contribution in [0.3, 0.4) is 0 Å². The molecule has 7 nitrogen and oxygen atoms in total. The van der Waals surface area contributed by atoms with Crippen LogP contribution in [0.2, 0.25) is 5.02 Å². The molecular formula is C22H28ClN5O2. The van der Waals surface area contributed by atoms with Crippen molar-refractivity contribution < 1.29 is 9.59 Å². The molecule has 2 aromatic rings. The lowest BCUT2D eigenvalue weighted by atomic mass is 10.0. The molecule has 0 spiro atoms. The second kappa shape index (κ2) is 8.40. The van der Waals surface area contributed by atoms with Gasteiger partial charge < -0.3 is 9.80 Å². The molecule has 8 heteroatoms. The fourth-order valence-corrected chi connectivity index (χ4v) is 4.92. The number of nitrogens with zero attached hydrogens (tertiary/aromatic N) is 5. The summed E-state index contributed by atoms with van der Waals surface area (Å²) in [6.07, 6.45) is 5.35. The van der Waals surface area contributed by atoms with Gasteiger partial charge in [0.05, 0.1) is 18.1 Å². The predicted octanol–water partition coefficient (Wildman–Crippen LogP) is 3.33. The average Bonchev–Trinajstić information content (AvgIpc) is 3.43. The number of hydrogen-bond donors (Lipinski definition) is 0. The summed E-state index contributed by atoms with van der Waals surface area (Å²) >= 11 is 6.32. The van der Waals surface area contributed by atoms with E-state index in [4.69, 9.17) is 11.6 Å². The molecule has 2 fully saturated rings. The minimum Gasteiger partial charge on any atom is -0.322 e. The molecule has 0 radical (unpaired) electrons. The average molecular weight is 430 g/mol. The molecule has 2 heterocycles. The van der Waals surface area contributed by atoms with Crippen molar-refractivity contribution in [2.24, 2.45) is 11.8 Å². The molecule has 4 rings (SSSR count). The molecule has 1 aliphatic carbocycles. The molecule has 3 atom stereocenters. The van der Waals surface area contributed by atoms with Gasteiger partial charge in [0.25, 0.3) is 0 Å².